The van der Waals surface area contributed by atoms with Gasteiger partial charge in [0, 0.05) is 13.1 Å². The number of hydrogen-bond donors (Lipinski definition) is 2. The lowest BCUT2D eigenvalue weighted by molar-refractivity contribution is -0.138. The normalized spacial score (nSPS) is 26.0. The first-order chi connectivity index (χ1) is 7.02. The lowest BCUT2D eigenvalue weighted by Gasteiger charge is -2.31. The quantitative estimate of drug-likeness (QED) is 0.652. The van der Waals surface area contributed by atoms with Crippen molar-refractivity contribution in [3.63, 3.8) is 0 Å². The van der Waals surface area contributed by atoms with Gasteiger partial charge in [-0.3, -0.25) is 9.59 Å². The molecule has 0 spiro atoms. The molecular weight excluding hydrogens is 194 g/mol. The highest BCUT2D eigenvalue weighted by molar-refractivity contribution is 5.85. The van der Waals surface area contributed by atoms with Crippen LogP contribution in [0.15, 0.2) is 0 Å². The molecule has 86 valence electrons. The number of likely N-dealkylation sites (N-methyl/N-ethyl adjacent to an activating group) is 1. The minimum atomic E-state index is -0.470. The van der Waals surface area contributed by atoms with Crippen LogP contribution in [-0.2, 0) is 9.59 Å². The zero-order valence-corrected chi connectivity index (χ0v) is 9.32. The molecule has 3 N–H and O–H groups in total. The average Bonchev–Trinajstić information content (AvgIpc) is 2.16. The third-order valence-corrected chi connectivity index (χ3v) is 2.85. The van der Waals surface area contributed by atoms with E-state index in [4.69, 9.17) is 5.73 Å². The third-order valence-electron chi connectivity index (χ3n) is 2.85. The van der Waals surface area contributed by atoms with Crippen molar-refractivity contribution in [1.82, 2.24) is 10.2 Å². The van der Waals surface area contributed by atoms with Crippen LogP contribution in [0, 0.1) is 5.92 Å². The van der Waals surface area contributed by atoms with E-state index in [0.717, 1.165) is 19.4 Å². The number of carbonyl (C=O) groups is 2. The number of rotatable bonds is 3. The van der Waals surface area contributed by atoms with E-state index in [1.165, 1.54) is 4.90 Å². The topological polar surface area (TPSA) is 75.4 Å². The van der Waals surface area contributed by atoms with Gasteiger partial charge in [0.1, 0.15) is 0 Å². The number of amides is 2. The van der Waals surface area contributed by atoms with E-state index in [1.807, 2.05) is 6.92 Å². The lowest BCUT2D eigenvalue weighted by atomic mass is 9.91. The SMILES string of the molecule is CC1NCCCC1C(=O)N(C)CC(N)=O. The molecule has 15 heavy (non-hydrogen) atoms. The predicted molar refractivity (Wildman–Crippen MR) is 57.0 cm³/mol. The van der Waals surface area contributed by atoms with Gasteiger partial charge >= 0.3 is 0 Å². The number of nitrogens with zero attached hydrogens (tertiary/aromatic N) is 1. The molecule has 2 atom stereocenters. The van der Waals surface area contributed by atoms with Crippen molar-refractivity contribution >= 4 is 11.8 Å². The van der Waals surface area contributed by atoms with Crippen molar-refractivity contribution in [2.75, 3.05) is 20.1 Å². The minimum Gasteiger partial charge on any atom is -0.368 e. The first-order valence-corrected chi connectivity index (χ1v) is 5.29. The molecule has 0 aromatic carbocycles. The van der Waals surface area contributed by atoms with Gasteiger partial charge in [0.15, 0.2) is 0 Å². The van der Waals surface area contributed by atoms with Gasteiger partial charge in [-0.2, -0.15) is 0 Å². The molecule has 1 fully saturated rings. The minimum absolute atomic E-state index is 0.00204. The van der Waals surface area contributed by atoms with Crippen LogP contribution in [0.3, 0.4) is 0 Å². The summed E-state index contributed by atoms with van der Waals surface area (Å²) in [7, 11) is 1.62. The second-order valence-electron chi connectivity index (χ2n) is 4.15. The number of piperidine rings is 1. The number of nitrogens with two attached hydrogens (primary N) is 1. The first kappa shape index (κ1) is 12.0. The van der Waals surface area contributed by atoms with Crippen molar-refractivity contribution in [2.24, 2.45) is 11.7 Å². The van der Waals surface area contributed by atoms with Crippen LogP contribution in [0.2, 0.25) is 0 Å². The summed E-state index contributed by atoms with van der Waals surface area (Å²) < 4.78 is 0. The summed E-state index contributed by atoms with van der Waals surface area (Å²) in [5, 5.41) is 3.26. The highest BCUT2D eigenvalue weighted by Gasteiger charge is 2.29. The summed E-state index contributed by atoms with van der Waals surface area (Å²) in [5.74, 6) is -0.487. The Bertz CT molecular complexity index is 255. The molecule has 1 saturated heterocycles. The van der Waals surface area contributed by atoms with Crippen LogP contribution in [0.1, 0.15) is 19.8 Å². The van der Waals surface area contributed by atoms with E-state index in [9.17, 15) is 9.59 Å². The third kappa shape index (κ3) is 3.20. The molecule has 5 heteroatoms. The van der Waals surface area contributed by atoms with E-state index >= 15 is 0 Å². The van der Waals surface area contributed by atoms with Crippen molar-refractivity contribution in [2.45, 2.75) is 25.8 Å². The van der Waals surface area contributed by atoms with E-state index in [2.05, 4.69) is 5.32 Å². The van der Waals surface area contributed by atoms with Gasteiger partial charge in [-0.25, -0.2) is 0 Å². The van der Waals surface area contributed by atoms with Crippen LogP contribution in [0.25, 0.3) is 0 Å². The van der Waals surface area contributed by atoms with E-state index in [1.54, 1.807) is 7.05 Å². The molecule has 1 heterocycles. The van der Waals surface area contributed by atoms with Gasteiger partial charge in [0.05, 0.1) is 12.5 Å². The average molecular weight is 213 g/mol. The molecule has 1 rings (SSSR count). The Balaban J connectivity index is 2.54. The highest BCUT2D eigenvalue weighted by Crippen LogP contribution is 2.18. The predicted octanol–water partition coefficient (Wildman–Crippen LogP) is -0.682. The second-order valence-corrected chi connectivity index (χ2v) is 4.15. The highest BCUT2D eigenvalue weighted by atomic mass is 16.2. The molecule has 1 aliphatic heterocycles. The Labute approximate surface area is 90.0 Å². The zero-order chi connectivity index (χ0) is 11.4. The van der Waals surface area contributed by atoms with Crippen molar-refractivity contribution in [3.05, 3.63) is 0 Å². The standard InChI is InChI=1S/C10H19N3O2/c1-7-8(4-3-5-12-7)10(15)13(2)6-9(11)14/h7-8,12H,3-6H2,1-2H3,(H2,11,14). The maximum Gasteiger partial charge on any atom is 0.237 e. The summed E-state index contributed by atoms with van der Waals surface area (Å²) >= 11 is 0. The molecule has 0 aliphatic carbocycles. The Kier molecular flexibility index (Phi) is 4.08. The van der Waals surface area contributed by atoms with E-state index in [-0.39, 0.29) is 24.4 Å². The van der Waals surface area contributed by atoms with Crippen molar-refractivity contribution < 1.29 is 9.59 Å². The number of primary amides is 1. The van der Waals surface area contributed by atoms with Crippen LogP contribution < -0.4 is 11.1 Å². The molecule has 5 nitrogen and oxygen atoms in total. The molecule has 0 aromatic heterocycles. The molecule has 1 aliphatic rings. The number of carbonyl (C=O) groups excluding carboxylic acids is 2. The summed E-state index contributed by atoms with van der Waals surface area (Å²) in [6.45, 7) is 2.96. The molecular formula is C10H19N3O2. The van der Waals surface area contributed by atoms with Gasteiger partial charge in [-0.05, 0) is 26.3 Å². The Morgan fingerprint density at radius 1 is 1.53 bits per heavy atom. The van der Waals surface area contributed by atoms with Gasteiger partial charge in [-0.15, -0.1) is 0 Å². The molecule has 0 aromatic rings. The summed E-state index contributed by atoms with van der Waals surface area (Å²) in [5.41, 5.74) is 5.05. The first-order valence-electron chi connectivity index (χ1n) is 5.29. The fourth-order valence-corrected chi connectivity index (χ4v) is 1.98. The van der Waals surface area contributed by atoms with Gasteiger partial charge in [-0.1, -0.05) is 0 Å². The maximum atomic E-state index is 11.9. The fraction of sp³-hybridized carbons (Fsp3) is 0.800. The number of hydrogen-bond acceptors (Lipinski definition) is 3. The summed E-state index contributed by atoms with van der Waals surface area (Å²) in [4.78, 5) is 24.0. The Morgan fingerprint density at radius 3 is 2.73 bits per heavy atom. The van der Waals surface area contributed by atoms with Crippen molar-refractivity contribution in [1.29, 1.82) is 0 Å². The van der Waals surface area contributed by atoms with Gasteiger partial charge in [0.25, 0.3) is 0 Å². The lowest BCUT2D eigenvalue weighted by Crippen LogP contribution is -2.48. The maximum absolute atomic E-state index is 11.9. The van der Waals surface area contributed by atoms with Gasteiger partial charge in [0.2, 0.25) is 11.8 Å². The van der Waals surface area contributed by atoms with Crippen LogP contribution in [-0.4, -0.2) is 42.9 Å². The molecule has 2 amide bonds. The smallest absolute Gasteiger partial charge is 0.237 e. The molecule has 0 bridgehead atoms. The number of nitrogens with one attached hydrogen (secondary N) is 1. The second kappa shape index (κ2) is 5.11. The molecule has 2 unspecified atom stereocenters. The largest absolute Gasteiger partial charge is 0.368 e. The van der Waals surface area contributed by atoms with E-state index in [0.29, 0.717) is 0 Å². The van der Waals surface area contributed by atoms with Crippen LogP contribution in [0.4, 0.5) is 0 Å². The Morgan fingerprint density at radius 2 is 2.20 bits per heavy atom. The summed E-state index contributed by atoms with van der Waals surface area (Å²) in [6, 6.07) is 0.182. The van der Waals surface area contributed by atoms with E-state index < -0.39 is 5.91 Å². The molecule has 0 radical (unpaired) electrons. The van der Waals surface area contributed by atoms with Crippen molar-refractivity contribution in [3.8, 4) is 0 Å². The van der Waals surface area contributed by atoms with Gasteiger partial charge < -0.3 is 16.0 Å². The summed E-state index contributed by atoms with van der Waals surface area (Å²) in [6.07, 6.45) is 1.89. The molecule has 0 saturated carbocycles. The van der Waals surface area contributed by atoms with Crippen LogP contribution in [0.5, 0.6) is 0 Å². The monoisotopic (exact) mass is 213 g/mol. The zero-order valence-electron chi connectivity index (χ0n) is 9.32. The van der Waals surface area contributed by atoms with Crippen LogP contribution >= 0.6 is 0 Å². The Hall–Kier alpha value is -1.10. The fourth-order valence-electron chi connectivity index (χ4n) is 1.98.